The zero-order valence-electron chi connectivity index (χ0n) is 11.8. The number of pyridine rings is 1. The SMILES string of the molecule is CC(Oc1nn2ccccc2c1N)N1CCOCC1.Cl.Cl. The van der Waals surface area contributed by atoms with E-state index in [0.717, 1.165) is 31.8 Å². The number of aromatic nitrogens is 2. The highest BCUT2D eigenvalue weighted by Gasteiger charge is 2.20. The Morgan fingerprint density at radius 3 is 2.67 bits per heavy atom. The molecule has 1 fully saturated rings. The number of morpholine rings is 1. The van der Waals surface area contributed by atoms with Gasteiger partial charge in [-0.2, -0.15) is 0 Å². The third-order valence-electron chi connectivity index (χ3n) is 3.39. The van der Waals surface area contributed by atoms with Crippen LogP contribution in [0.2, 0.25) is 0 Å². The first-order chi connectivity index (χ1) is 9.25. The van der Waals surface area contributed by atoms with Crippen LogP contribution in [0.5, 0.6) is 5.88 Å². The van der Waals surface area contributed by atoms with E-state index in [1.165, 1.54) is 0 Å². The van der Waals surface area contributed by atoms with E-state index in [-0.39, 0.29) is 31.0 Å². The molecule has 21 heavy (non-hydrogen) atoms. The summed E-state index contributed by atoms with van der Waals surface area (Å²) in [5.74, 6) is 0.491. The molecule has 0 aliphatic carbocycles. The van der Waals surface area contributed by atoms with Crippen molar-refractivity contribution in [2.24, 2.45) is 0 Å². The number of fused-ring (bicyclic) bond motifs is 1. The van der Waals surface area contributed by atoms with Crippen LogP contribution in [0.1, 0.15) is 6.92 Å². The van der Waals surface area contributed by atoms with Crippen molar-refractivity contribution >= 4 is 36.0 Å². The van der Waals surface area contributed by atoms with Gasteiger partial charge in [0.2, 0.25) is 0 Å². The molecule has 1 atom stereocenters. The summed E-state index contributed by atoms with van der Waals surface area (Å²) < 4.78 is 12.9. The van der Waals surface area contributed by atoms with Crippen LogP contribution in [0.25, 0.3) is 5.52 Å². The lowest BCUT2D eigenvalue weighted by molar-refractivity contribution is -0.0386. The number of nitrogens with two attached hydrogens (primary N) is 1. The van der Waals surface area contributed by atoms with Gasteiger partial charge in [-0.25, -0.2) is 4.52 Å². The zero-order chi connectivity index (χ0) is 13.2. The number of anilines is 1. The molecule has 0 radical (unpaired) electrons. The number of ether oxygens (including phenoxy) is 2. The summed E-state index contributed by atoms with van der Waals surface area (Å²) >= 11 is 0. The number of hydrogen-bond acceptors (Lipinski definition) is 5. The van der Waals surface area contributed by atoms with Crippen molar-refractivity contribution in [3.8, 4) is 5.88 Å². The van der Waals surface area contributed by atoms with Crippen LogP contribution >= 0.6 is 24.8 Å². The highest BCUT2D eigenvalue weighted by atomic mass is 35.5. The second-order valence-corrected chi connectivity index (χ2v) is 4.61. The fraction of sp³-hybridized carbons (Fsp3) is 0.462. The second kappa shape index (κ2) is 7.70. The molecule has 3 heterocycles. The quantitative estimate of drug-likeness (QED) is 0.927. The molecule has 0 saturated carbocycles. The van der Waals surface area contributed by atoms with E-state index < -0.39 is 0 Å². The first kappa shape index (κ1) is 17.8. The van der Waals surface area contributed by atoms with E-state index in [1.54, 1.807) is 4.52 Å². The molecule has 1 aliphatic rings. The number of halogens is 2. The standard InChI is InChI=1S/C13H18N4O2.2ClH/c1-10(16-6-8-18-9-7-16)19-13-12(14)11-4-2-3-5-17(11)15-13;;/h2-5,10H,6-9,14H2,1H3;2*1H. The predicted octanol–water partition coefficient (Wildman–Crippen LogP) is 1.82. The molecule has 1 aliphatic heterocycles. The summed E-state index contributed by atoms with van der Waals surface area (Å²) in [5, 5.41) is 4.36. The Morgan fingerprint density at radius 1 is 1.29 bits per heavy atom. The Labute approximate surface area is 136 Å². The van der Waals surface area contributed by atoms with Crippen LogP contribution in [-0.4, -0.2) is 47.0 Å². The highest BCUT2D eigenvalue weighted by molar-refractivity contribution is 5.85. The largest absolute Gasteiger partial charge is 0.456 e. The van der Waals surface area contributed by atoms with E-state index in [0.29, 0.717) is 11.6 Å². The van der Waals surface area contributed by atoms with Gasteiger partial charge in [0, 0.05) is 19.3 Å². The van der Waals surface area contributed by atoms with Crippen LogP contribution in [0.3, 0.4) is 0 Å². The lowest BCUT2D eigenvalue weighted by Crippen LogP contribution is -2.44. The molecule has 2 aromatic rings. The molecule has 1 unspecified atom stereocenters. The summed E-state index contributed by atoms with van der Waals surface area (Å²) in [7, 11) is 0. The van der Waals surface area contributed by atoms with Crippen LogP contribution in [-0.2, 0) is 4.74 Å². The molecule has 2 aromatic heterocycles. The summed E-state index contributed by atoms with van der Waals surface area (Å²) in [6.45, 7) is 5.24. The smallest absolute Gasteiger partial charge is 0.258 e. The molecule has 0 bridgehead atoms. The van der Waals surface area contributed by atoms with Crippen molar-refractivity contribution in [2.75, 3.05) is 32.0 Å². The van der Waals surface area contributed by atoms with Gasteiger partial charge in [0.05, 0.1) is 18.7 Å². The van der Waals surface area contributed by atoms with Gasteiger partial charge in [-0.05, 0) is 19.1 Å². The van der Waals surface area contributed by atoms with Gasteiger partial charge in [0.25, 0.3) is 5.88 Å². The Balaban J connectivity index is 0.00000110. The fourth-order valence-electron chi connectivity index (χ4n) is 2.26. The first-order valence-electron chi connectivity index (χ1n) is 6.47. The van der Waals surface area contributed by atoms with Crippen LogP contribution in [0.15, 0.2) is 24.4 Å². The first-order valence-corrected chi connectivity index (χ1v) is 6.47. The average molecular weight is 335 g/mol. The molecule has 8 heteroatoms. The molecule has 6 nitrogen and oxygen atoms in total. The highest BCUT2D eigenvalue weighted by Crippen LogP contribution is 2.26. The van der Waals surface area contributed by atoms with Crippen LogP contribution in [0, 0.1) is 0 Å². The number of nitrogen functional groups attached to an aromatic ring is 1. The van der Waals surface area contributed by atoms with E-state index >= 15 is 0 Å². The van der Waals surface area contributed by atoms with E-state index in [4.69, 9.17) is 15.2 Å². The zero-order valence-corrected chi connectivity index (χ0v) is 13.4. The summed E-state index contributed by atoms with van der Waals surface area (Å²) in [4.78, 5) is 2.22. The Morgan fingerprint density at radius 2 is 2.00 bits per heavy atom. The maximum atomic E-state index is 6.07. The van der Waals surface area contributed by atoms with E-state index in [9.17, 15) is 0 Å². The van der Waals surface area contributed by atoms with Crippen LogP contribution < -0.4 is 10.5 Å². The monoisotopic (exact) mass is 334 g/mol. The van der Waals surface area contributed by atoms with Crippen molar-refractivity contribution in [1.82, 2.24) is 14.5 Å². The van der Waals surface area contributed by atoms with Crippen LogP contribution in [0.4, 0.5) is 5.69 Å². The molecule has 0 amide bonds. The van der Waals surface area contributed by atoms with E-state index in [1.807, 2.05) is 31.3 Å². The average Bonchev–Trinajstić information content (AvgIpc) is 2.77. The molecular weight excluding hydrogens is 315 g/mol. The second-order valence-electron chi connectivity index (χ2n) is 4.61. The lowest BCUT2D eigenvalue weighted by atomic mass is 10.3. The number of hydrogen-bond donors (Lipinski definition) is 1. The topological polar surface area (TPSA) is 65.0 Å². The van der Waals surface area contributed by atoms with Crippen molar-refractivity contribution in [1.29, 1.82) is 0 Å². The molecule has 118 valence electrons. The molecule has 1 saturated heterocycles. The minimum Gasteiger partial charge on any atom is -0.456 e. The normalized spacial score (nSPS) is 16.8. The molecule has 3 rings (SSSR count). The van der Waals surface area contributed by atoms with Crippen molar-refractivity contribution in [2.45, 2.75) is 13.2 Å². The Bertz CT molecular complexity index is 572. The summed E-state index contributed by atoms with van der Waals surface area (Å²) in [5.41, 5.74) is 7.52. The number of rotatable bonds is 3. The van der Waals surface area contributed by atoms with Gasteiger partial charge in [-0.1, -0.05) is 6.07 Å². The van der Waals surface area contributed by atoms with Gasteiger partial charge in [0.1, 0.15) is 5.69 Å². The fourth-order valence-corrected chi connectivity index (χ4v) is 2.26. The maximum absolute atomic E-state index is 6.07. The third kappa shape index (κ3) is 3.71. The molecule has 0 spiro atoms. The van der Waals surface area contributed by atoms with Gasteiger partial charge in [0.15, 0.2) is 6.23 Å². The Kier molecular flexibility index (Phi) is 6.54. The number of nitrogens with zero attached hydrogens (tertiary/aromatic N) is 3. The summed E-state index contributed by atoms with van der Waals surface area (Å²) in [6, 6.07) is 5.77. The van der Waals surface area contributed by atoms with Gasteiger partial charge >= 0.3 is 0 Å². The van der Waals surface area contributed by atoms with Crippen molar-refractivity contribution in [3.63, 3.8) is 0 Å². The molecule has 0 aromatic carbocycles. The maximum Gasteiger partial charge on any atom is 0.258 e. The minimum atomic E-state index is -0.0592. The molecule has 2 N–H and O–H groups in total. The molecular formula is C13H20Cl2N4O2. The van der Waals surface area contributed by atoms with Crippen molar-refractivity contribution in [3.05, 3.63) is 24.4 Å². The summed E-state index contributed by atoms with van der Waals surface area (Å²) in [6.07, 6.45) is 1.80. The van der Waals surface area contributed by atoms with E-state index in [2.05, 4.69) is 10.00 Å². The van der Waals surface area contributed by atoms with Gasteiger partial charge in [-0.3, -0.25) is 4.90 Å². The van der Waals surface area contributed by atoms with Crippen molar-refractivity contribution < 1.29 is 9.47 Å². The predicted molar refractivity (Wildman–Crippen MR) is 86.6 cm³/mol. The Hall–Kier alpha value is -1.21. The lowest BCUT2D eigenvalue weighted by Gasteiger charge is -2.31. The minimum absolute atomic E-state index is 0. The van der Waals surface area contributed by atoms with Gasteiger partial charge < -0.3 is 15.2 Å². The van der Waals surface area contributed by atoms with Gasteiger partial charge in [-0.15, -0.1) is 29.9 Å². The third-order valence-corrected chi connectivity index (χ3v) is 3.39.